The van der Waals surface area contributed by atoms with Gasteiger partial charge in [0.15, 0.2) is 0 Å². The largest absolute Gasteiger partial charge is 0.481 e. The molecule has 2 amide bonds. The van der Waals surface area contributed by atoms with E-state index in [4.69, 9.17) is 40.0 Å². The summed E-state index contributed by atoms with van der Waals surface area (Å²) in [6.07, 6.45) is -4.11. The molecule has 0 aromatic rings. The van der Waals surface area contributed by atoms with Gasteiger partial charge in [0.05, 0.1) is 12.8 Å². The molecule has 0 spiro atoms. The van der Waals surface area contributed by atoms with Crippen molar-refractivity contribution in [2.75, 3.05) is 12.3 Å². The Labute approximate surface area is 285 Å². The zero-order chi connectivity index (χ0) is 25.9. The Morgan fingerprint density at radius 3 is 0.943 bits per heavy atom. The molecular formula is C12H20Ca3N2O16P2. The predicted octanol–water partition coefficient (Wildman–Crippen LogP) is -4.73. The number of hydrogen-bond donors (Lipinski definition) is 10. The van der Waals surface area contributed by atoms with Crippen LogP contribution >= 0.6 is 15.2 Å². The average Bonchev–Trinajstić information content (AvgIpc) is 2.49. The molecule has 0 aliphatic rings. The van der Waals surface area contributed by atoms with Gasteiger partial charge in [0, 0.05) is 113 Å². The van der Waals surface area contributed by atoms with Gasteiger partial charge in [-0.05, 0) is 0 Å². The van der Waals surface area contributed by atoms with Crippen LogP contribution in [0.25, 0.3) is 0 Å². The summed E-state index contributed by atoms with van der Waals surface area (Å²) in [5.74, 6) is -8.54. The van der Waals surface area contributed by atoms with Gasteiger partial charge in [-0.3, -0.25) is 28.3 Å². The molecule has 190 valence electrons. The van der Waals surface area contributed by atoms with Crippen LogP contribution in [-0.4, -0.2) is 213 Å². The monoisotopic (exact) mass is 630 g/mol. The molecule has 0 heterocycles. The van der Waals surface area contributed by atoms with Crippen LogP contribution in [0, 0.1) is 0 Å². The van der Waals surface area contributed by atoms with Gasteiger partial charge in [-0.2, -0.15) is 0 Å². The molecule has 0 rings (SSSR count). The second-order valence-corrected chi connectivity index (χ2v) is 9.05. The van der Waals surface area contributed by atoms with E-state index in [0.29, 0.717) is 0 Å². The van der Waals surface area contributed by atoms with Crippen LogP contribution < -0.4 is 10.6 Å². The van der Waals surface area contributed by atoms with Crippen molar-refractivity contribution in [2.24, 2.45) is 0 Å². The van der Waals surface area contributed by atoms with E-state index in [9.17, 15) is 37.9 Å². The minimum absolute atomic E-state index is 0. The molecular weight excluding hydrogens is 610 g/mol. The summed E-state index contributed by atoms with van der Waals surface area (Å²) in [4.78, 5) is 96.8. The predicted molar refractivity (Wildman–Crippen MR) is 115 cm³/mol. The number of hydrogen-bond acceptors (Lipinski definition) is 8. The van der Waals surface area contributed by atoms with Crippen molar-refractivity contribution < 1.29 is 77.9 Å². The van der Waals surface area contributed by atoms with Crippen molar-refractivity contribution in [3.63, 3.8) is 0 Å². The minimum atomic E-state index is -4.59. The van der Waals surface area contributed by atoms with Crippen molar-refractivity contribution in [1.82, 2.24) is 10.6 Å². The number of carbonyl (C=O) groups excluding carboxylic acids is 2. The SMILES string of the molecule is O=C(O)C[C@H](NC(=O)CP(=O)(O)O)C(=O)O.O=C(O)C[C@H](NC(=O)CP(=O)(O)O)C(=O)O.[Ca].[Ca].[Ca]. The van der Waals surface area contributed by atoms with Crippen LogP contribution in [0.15, 0.2) is 0 Å². The molecule has 0 aromatic carbocycles. The van der Waals surface area contributed by atoms with Crippen LogP contribution in [0.2, 0.25) is 0 Å². The second-order valence-electron chi connectivity index (χ2n) is 5.76. The third kappa shape index (κ3) is 31.0. The molecule has 0 saturated carbocycles. The fourth-order valence-electron chi connectivity index (χ4n) is 1.60. The molecule has 0 unspecified atom stereocenters. The van der Waals surface area contributed by atoms with Gasteiger partial charge in [-0.25, -0.2) is 9.59 Å². The standard InChI is InChI=1S/2C6H10NO8P.3Ca/c2*8-4(2-16(13,14)15)7-3(6(11)12)1-5(9)10;;;/h2*3H,1-2H2,(H,7,8)(H,9,10)(H,11,12)(H2,13,14,15);;;/t2*3-;;;/m00.../s1. The molecule has 0 aliphatic carbocycles. The Morgan fingerprint density at radius 1 is 0.571 bits per heavy atom. The van der Waals surface area contributed by atoms with E-state index in [1.807, 2.05) is 0 Å². The van der Waals surface area contributed by atoms with E-state index in [1.165, 1.54) is 0 Å². The van der Waals surface area contributed by atoms with Gasteiger partial charge >= 0.3 is 39.1 Å². The Balaban J connectivity index is -0.000000158. The summed E-state index contributed by atoms with van der Waals surface area (Å²) in [5.41, 5.74) is 0. The average molecular weight is 630 g/mol. The molecule has 23 heteroatoms. The van der Waals surface area contributed by atoms with E-state index >= 15 is 0 Å². The number of nitrogens with one attached hydrogen (secondary N) is 2. The third-order valence-electron chi connectivity index (χ3n) is 2.72. The van der Waals surface area contributed by atoms with Gasteiger partial charge in [-0.1, -0.05) is 0 Å². The van der Waals surface area contributed by atoms with Crippen molar-refractivity contribution >= 4 is 164 Å². The molecule has 0 bridgehead atoms. The molecule has 0 saturated heterocycles. The molecule has 35 heavy (non-hydrogen) atoms. The van der Waals surface area contributed by atoms with Crippen LogP contribution in [0.5, 0.6) is 0 Å². The Hall–Kier alpha value is 0.899. The van der Waals surface area contributed by atoms with E-state index < -0.39 is 88.1 Å². The fraction of sp³-hybridized carbons (Fsp3) is 0.500. The van der Waals surface area contributed by atoms with Gasteiger partial charge < -0.3 is 50.6 Å². The van der Waals surface area contributed by atoms with E-state index in [0.717, 1.165) is 0 Å². The summed E-state index contributed by atoms with van der Waals surface area (Å²) >= 11 is 0. The maximum absolute atomic E-state index is 10.9. The van der Waals surface area contributed by atoms with Crippen LogP contribution in [0.3, 0.4) is 0 Å². The molecule has 18 nitrogen and oxygen atoms in total. The smallest absolute Gasteiger partial charge is 0.334 e. The number of carboxylic acid groups (broad SMARTS) is 4. The number of carbonyl (C=O) groups is 6. The van der Waals surface area contributed by atoms with Gasteiger partial charge in [0.1, 0.15) is 24.4 Å². The zero-order valence-corrected chi connectivity index (χ0v) is 26.3. The molecule has 0 aliphatic heterocycles. The Bertz CT molecular complexity index is 776. The van der Waals surface area contributed by atoms with Crippen molar-refractivity contribution in [3.05, 3.63) is 0 Å². The van der Waals surface area contributed by atoms with Crippen LogP contribution in [-0.2, 0) is 37.9 Å². The zero-order valence-electron chi connectivity index (χ0n) is 17.8. The third-order valence-corrected chi connectivity index (χ3v) is 4.12. The first-order valence-electron chi connectivity index (χ1n) is 7.80. The van der Waals surface area contributed by atoms with Crippen molar-refractivity contribution in [3.8, 4) is 0 Å². The molecule has 0 aromatic heterocycles. The summed E-state index contributed by atoms with van der Waals surface area (Å²) in [6, 6.07) is -3.42. The van der Waals surface area contributed by atoms with E-state index in [-0.39, 0.29) is 113 Å². The molecule has 0 fully saturated rings. The summed E-state index contributed by atoms with van der Waals surface area (Å²) in [5, 5.41) is 37.0. The number of amides is 2. The molecule has 2 atom stereocenters. The van der Waals surface area contributed by atoms with Gasteiger partial charge in [0.2, 0.25) is 11.8 Å². The van der Waals surface area contributed by atoms with Gasteiger partial charge in [0.25, 0.3) is 0 Å². The number of carboxylic acids is 4. The molecule has 10 N–H and O–H groups in total. The quantitative estimate of drug-likeness (QED) is 0.0715. The second kappa shape index (κ2) is 21.8. The summed E-state index contributed by atoms with van der Waals surface area (Å²) in [7, 11) is -9.19. The summed E-state index contributed by atoms with van der Waals surface area (Å²) < 4.78 is 20.8. The van der Waals surface area contributed by atoms with E-state index in [1.54, 1.807) is 10.6 Å². The Kier molecular flexibility index (Phi) is 28.5. The van der Waals surface area contributed by atoms with Gasteiger partial charge in [-0.15, -0.1) is 0 Å². The minimum Gasteiger partial charge on any atom is -0.481 e. The first kappa shape index (κ1) is 45.8. The van der Waals surface area contributed by atoms with Crippen molar-refractivity contribution in [2.45, 2.75) is 24.9 Å². The summed E-state index contributed by atoms with van der Waals surface area (Å²) in [6.45, 7) is 0. The molecule has 6 radical (unpaired) electrons. The van der Waals surface area contributed by atoms with Crippen LogP contribution in [0.1, 0.15) is 12.8 Å². The fourth-order valence-corrected chi connectivity index (χ4v) is 2.53. The van der Waals surface area contributed by atoms with Crippen molar-refractivity contribution in [1.29, 1.82) is 0 Å². The number of aliphatic carboxylic acids is 4. The first-order valence-corrected chi connectivity index (χ1v) is 11.4. The Morgan fingerprint density at radius 2 is 0.800 bits per heavy atom. The topological polar surface area (TPSA) is 322 Å². The maximum atomic E-state index is 10.9. The van der Waals surface area contributed by atoms with Crippen LogP contribution in [0.4, 0.5) is 0 Å². The number of rotatable bonds is 12. The maximum Gasteiger partial charge on any atom is 0.334 e. The van der Waals surface area contributed by atoms with E-state index in [2.05, 4.69) is 0 Å². The first-order chi connectivity index (χ1) is 14.2. The normalized spacial score (nSPS) is 11.8.